The molecule has 5 nitrogen and oxygen atoms in total. The van der Waals surface area contributed by atoms with Crippen LogP contribution in [0.1, 0.15) is 15.9 Å². The van der Waals surface area contributed by atoms with Gasteiger partial charge in [0.25, 0.3) is 0 Å². The van der Waals surface area contributed by atoms with E-state index in [4.69, 9.17) is 22.1 Å². The second-order valence-electron chi connectivity index (χ2n) is 6.73. The number of hydrogen-bond donors (Lipinski definition) is 1. The molecule has 6 heteroatoms. The Labute approximate surface area is 173 Å². The minimum atomic E-state index is -0.450. The van der Waals surface area contributed by atoms with E-state index in [1.165, 1.54) is 0 Å². The van der Waals surface area contributed by atoms with Crippen LogP contribution in [-0.2, 0) is 0 Å². The third kappa shape index (κ3) is 3.52. The van der Waals surface area contributed by atoms with Gasteiger partial charge in [0.2, 0.25) is 5.91 Å². The molecule has 3 aromatic carbocycles. The Hall–Kier alpha value is -3.44. The minimum absolute atomic E-state index is 0.450. The lowest BCUT2D eigenvalue weighted by Crippen LogP contribution is -2.10. The van der Waals surface area contributed by atoms with Gasteiger partial charge in [0.05, 0.1) is 18.3 Å². The highest BCUT2D eigenvalue weighted by molar-refractivity contribution is 6.33. The van der Waals surface area contributed by atoms with E-state index in [0.29, 0.717) is 22.0 Å². The minimum Gasteiger partial charge on any atom is -0.497 e. The molecule has 0 unspecified atom stereocenters. The molecule has 0 aliphatic carbocycles. The number of benzene rings is 3. The van der Waals surface area contributed by atoms with Crippen LogP contribution in [0.25, 0.3) is 33.2 Å². The normalized spacial score (nSPS) is 10.9. The number of amides is 1. The lowest BCUT2D eigenvalue weighted by atomic mass is 9.95. The van der Waals surface area contributed by atoms with Crippen molar-refractivity contribution >= 4 is 28.3 Å². The predicted molar refractivity (Wildman–Crippen MR) is 115 cm³/mol. The smallest absolute Gasteiger partial charge is 0.248 e. The van der Waals surface area contributed by atoms with Gasteiger partial charge in [0.1, 0.15) is 11.4 Å². The summed E-state index contributed by atoms with van der Waals surface area (Å²) in [6.07, 6.45) is 1.72. The summed E-state index contributed by atoms with van der Waals surface area (Å²) in [6, 6.07) is 16.9. The number of carbonyl (C=O) groups is 1. The van der Waals surface area contributed by atoms with E-state index in [1.54, 1.807) is 25.4 Å². The maximum atomic E-state index is 11.6. The van der Waals surface area contributed by atoms with E-state index in [2.05, 4.69) is 10.2 Å². The molecule has 0 bridgehead atoms. The van der Waals surface area contributed by atoms with Gasteiger partial charge >= 0.3 is 0 Å². The highest BCUT2D eigenvalue weighted by Crippen LogP contribution is 2.35. The number of carbonyl (C=O) groups excluding carboxylic acids is 1. The number of nitrogens with two attached hydrogens (primary N) is 1. The largest absolute Gasteiger partial charge is 0.497 e. The third-order valence-electron chi connectivity index (χ3n) is 4.93. The van der Waals surface area contributed by atoms with Gasteiger partial charge in [0, 0.05) is 21.9 Å². The molecular formula is C23H18ClN3O2. The Morgan fingerprint density at radius 1 is 1.03 bits per heavy atom. The quantitative estimate of drug-likeness (QED) is 0.518. The van der Waals surface area contributed by atoms with Crippen LogP contribution < -0.4 is 10.5 Å². The molecular weight excluding hydrogens is 386 g/mol. The second kappa shape index (κ2) is 7.53. The number of nitrogens with zero attached hydrogens (tertiary/aromatic N) is 2. The number of ether oxygens (including phenoxy) is 1. The van der Waals surface area contributed by atoms with Crippen LogP contribution in [0.2, 0.25) is 5.02 Å². The molecule has 1 aromatic heterocycles. The van der Waals surface area contributed by atoms with Gasteiger partial charge in [-0.2, -0.15) is 5.10 Å². The summed E-state index contributed by atoms with van der Waals surface area (Å²) in [7, 11) is 1.60. The van der Waals surface area contributed by atoms with Crippen molar-refractivity contribution in [2.24, 2.45) is 5.73 Å². The molecule has 0 saturated heterocycles. The van der Waals surface area contributed by atoms with Crippen LogP contribution in [0.3, 0.4) is 0 Å². The fraction of sp³-hybridized carbons (Fsp3) is 0.0870. The third-order valence-corrected chi connectivity index (χ3v) is 5.24. The first-order valence-corrected chi connectivity index (χ1v) is 9.36. The van der Waals surface area contributed by atoms with Crippen LogP contribution in [0.4, 0.5) is 0 Å². The average Bonchev–Trinajstić information content (AvgIpc) is 2.73. The monoisotopic (exact) mass is 403 g/mol. The zero-order chi connectivity index (χ0) is 20.5. The van der Waals surface area contributed by atoms with E-state index in [9.17, 15) is 4.79 Å². The molecule has 4 aromatic rings. The van der Waals surface area contributed by atoms with Crippen molar-refractivity contribution in [2.45, 2.75) is 6.92 Å². The SMILES string of the molecule is COc1ccc(-c2nncc3cc(-c4cc(C(N)=O)ccc4C)ccc23)c(Cl)c1. The number of hydrogen-bond acceptors (Lipinski definition) is 4. The Balaban J connectivity index is 1.86. The number of halogens is 1. The van der Waals surface area contributed by atoms with Gasteiger partial charge in [0.15, 0.2) is 0 Å². The molecule has 0 fully saturated rings. The maximum Gasteiger partial charge on any atom is 0.248 e. The summed E-state index contributed by atoms with van der Waals surface area (Å²) < 4.78 is 5.22. The summed E-state index contributed by atoms with van der Waals surface area (Å²) in [6.45, 7) is 2.00. The Bertz CT molecular complexity index is 1250. The molecule has 29 heavy (non-hydrogen) atoms. The Morgan fingerprint density at radius 2 is 1.86 bits per heavy atom. The van der Waals surface area contributed by atoms with E-state index in [-0.39, 0.29) is 0 Å². The van der Waals surface area contributed by atoms with Gasteiger partial charge in [-0.25, -0.2) is 0 Å². The molecule has 4 rings (SSSR count). The van der Waals surface area contributed by atoms with Crippen molar-refractivity contribution in [1.82, 2.24) is 10.2 Å². The molecule has 0 radical (unpaired) electrons. The first kappa shape index (κ1) is 18.9. The van der Waals surface area contributed by atoms with E-state index in [0.717, 1.165) is 33.0 Å². The zero-order valence-electron chi connectivity index (χ0n) is 15.9. The van der Waals surface area contributed by atoms with Gasteiger partial charge in [-0.15, -0.1) is 5.10 Å². The molecule has 2 N–H and O–H groups in total. The Morgan fingerprint density at radius 3 is 2.59 bits per heavy atom. The molecule has 0 aliphatic rings. The lowest BCUT2D eigenvalue weighted by molar-refractivity contribution is 0.100. The number of aromatic nitrogens is 2. The first-order valence-electron chi connectivity index (χ1n) is 8.98. The van der Waals surface area contributed by atoms with Gasteiger partial charge in [-0.1, -0.05) is 29.8 Å². The van der Waals surface area contributed by atoms with Gasteiger partial charge < -0.3 is 10.5 Å². The van der Waals surface area contributed by atoms with Crippen LogP contribution in [0.5, 0.6) is 5.75 Å². The molecule has 0 aliphatic heterocycles. The van der Waals surface area contributed by atoms with Crippen molar-refractivity contribution in [3.63, 3.8) is 0 Å². The summed E-state index contributed by atoms with van der Waals surface area (Å²) in [5, 5.41) is 10.9. The highest BCUT2D eigenvalue weighted by Gasteiger charge is 2.13. The zero-order valence-corrected chi connectivity index (χ0v) is 16.7. The fourth-order valence-corrected chi connectivity index (χ4v) is 3.62. The molecule has 0 saturated carbocycles. The standard InChI is InChI=1S/C23H18ClN3O2/c1-13-3-4-15(23(25)28)10-20(13)14-5-7-18-16(9-14)12-26-27-22(18)19-8-6-17(29-2)11-21(19)24/h3-12H,1-2H3,(H2,25,28). The number of aryl methyl sites for hydroxylation is 1. The van der Waals surface area contributed by atoms with Crippen molar-refractivity contribution in [3.05, 3.63) is 76.9 Å². The van der Waals surface area contributed by atoms with Gasteiger partial charge in [-0.05, 0) is 60.0 Å². The van der Waals surface area contributed by atoms with Crippen molar-refractivity contribution in [3.8, 4) is 28.1 Å². The van der Waals surface area contributed by atoms with Crippen LogP contribution >= 0.6 is 11.6 Å². The second-order valence-corrected chi connectivity index (χ2v) is 7.14. The van der Waals surface area contributed by atoms with Crippen molar-refractivity contribution in [1.29, 1.82) is 0 Å². The molecule has 1 amide bonds. The molecule has 0 spiro atoms. The van der Waals surface area contributed by atoms with Crippen LogP contribution in [0, 0.1) is 6.92 Å². The summed E-state index contributed by atoms with van der Waals surface area (Å²) in [5.74, 6) is 0.230. The van der Waals surface area contributed by atoms with Crippen LogP contribution in [0.15, 0.2) is 60.8 Å². The summed E-state index contributed by atoms with van der Waals surface area (Å²) in [4.78, 5) is 11.6. The Kier molecular flexibility index (Phi) is 4.91. The van der Waals surface area contributed by atoms with E-state index >= 15 is 0 Å². The maximum absolute atomic E-state index is 11.6. The fourth-order valence-electron chi connectivity index (χ4n) is 3.36. The van der Waals surface area contributed by atoms with Crippen molar-refractivity contribution < 1.29 is 9.53 Å². The molecule has 0 atom stereocenters. The van der Waals surface area contributed by atoms with E-state index in [1.807, 2.05) is 49.4 Å². The summed E-state index contributed by atoms with van der Waals surface area (Å²) in [5.41, 5.74) is 10.4. The molecule has 144 valence electrons. The first-order chi connectivity index (χ1) is 14.0. The number of methoxy groups -OCH3 is 1. The molecule has 1 heterocycles. The average molecular weight is 404 g/mol. The topological polar surface area (TPSA) is 78.1 Å². The predicted octanol–water partition coefficient (Wildman–Crippen LogP) is 5.03. The number of primary amides is 1. The lowest BCUT2D eigenvalue weighted by Gasteiger charge is -2.11. The van der Waals surface area contributed by atoms with Crippen LogP contribution in [-0.4, -0.2) is 23.2 Å². The van der Waals surface area contributed by atoms with E-state index < -0.39 is 5.91 Å². The number of rotatable bonds is 4. The highest BCUT2D eigenvalue weighted by atomic mass is 35.5. The number of fused-ring (bicyclic) bond motifs is 1. The van der Waals surface area contributed by atoms with Crippen molar-refractivity contribution in [2.75, 3.05) is 7.11 Å². The van der Waals surface area contributed by atoms with Gasteiger partial charge in [-0.3, -0.25) is 4.79 Å². The summed E-state index contributed by atoms with van der Waals surface area (Å²) >= 11 is 6.45.